The fourth-order valence-corrected chi connectivity index (χ4v) is 10.7. The molecule has 0 heterocycles. The Hall–Kier alpha value is -6.96. The number of para-hydroxylation sites is 2. The molecule has 0 atom stereocenters. The van der Waals surface area contributed by atoms with Crippen LogP contribution in [0.15, 0.2) is 212 Å². The Morgan fingerprint density at radius 2 is 0.803 bits per heavy atom. The Morgan fingerprint density at radius 1 is 0.328 bits per heavy atom. The summed E-state index contributed by atoms with van der Waals surface area (Å²) in [5.74, 6) is 0. The molecule has 0 N–H and O–H groups in total. The molecule has 3 aliphatic rings. The average molecular weight is 784 g/mol. The zero-order valence-corrected chi connectivity index (χ0v) is 34.6. The van der Waals surface area contributed by atoms with Gasteiger partial charge in [-0.2, -0.15) is 0 Å². The molecule has 1 spiro atoms. The molecule has 0 amide bonds. The lowest BCUT2D eigenvalue weighted by atomic mass is 9.68. The molecule has 61 heavy (non-hydrogen) atoms. The van der Waals surface area contributed by atoms with E-state index in [1.807, 2.05) is 0 Å². The summed E-state index contributed by atoms with van der Waals surface area (Å²) in [6.45, 7) is 0. The largest absolute Gasteiger partial charge is 0.309 e. The number of rotatable bonds is 8. The maximum Gasteiger partial charge on any atom is 0.0540 e. The van der Waals surface area contributed by atoms with Crippen molar-refractivity contribution in [3.05, 3.63) is 235 Å². The van der Waals surface area contributed by atoms with Crippen molar-refractivity contribution in [2.24, 2.45) is 0 Å². The highest BCUT2D eigenvalue weighted by Gasteiger charge is 2.43. The van der Waals surface area contributed by atoms with Gasteiger partial charge in [0, 0.05) is 22.2 Å². The van der Waals surface area contributed by atoms with Gasteiger partial charge in [-0.3, -0.25) is 0 Å². The number of nitrogens with zero attached hydrogens (tertiary/aromatic N) is 1. The first-order chi connectivity index (χ1) is 30.3. The van der Waals surface area contributed by atoms with Gasteiger partial charge in [0.05, 0.1) is 11.4 Å². The zero-order valence-electron chi connectivity index (χ0n) is 34.6. The summed E-state index contributed by atoms with van der Waals surface area (Å²) < 4.78 is 0. The minimum Gasteiger partial charge on any atom is -0.309 e. The lowest BCUT2D eigenvalue weighted by Gasteiger charge is -2.36. The van der Waals surface area contributed by atoms with Crippen molar-refractivity contribution in [1.82, 2.24) is 0 Å². The van der Waals surface area contributed by atoms with Crippen LogP contribution in [0.5, 0.6) is 0 Å². The third kappa shape index (κ3) is 6.57. The molecule has 1 heteroatoms. The minimum atomic E-state index is 0.0998. The Labute approximate surface area is 361 Å². The van der Waals surface area contributed by atoms with Crippen molar-refractivity contribution in [3.63, 3.8) is 0 Å². The highest BCUT2D eigenvalue weighted by molar-refractivity contribution is 6.11. The fourth-order valence-electron chi connectivity index (χ4n) is 10.7. The smallest absolute Gasteiger partial charge is 0.0540 e. The molecule has 294 valence electrons. The van der Waals surface area contributed by atoms with E-state index in [9.17, 15) is 0 Å². The van der Waals surface area contributed by atoms with Crippen molar-refractivity contribution in [2.45, 2.75) is 50.4 Å². The second-order valence-electron chi connectivity index (χ2n) is 17.0. The van der Waals surface area contributed by atoms with Crippen LogP contribution in [0.2, 0.25) is 0 Å². The van der Waals surface area contributed by atoms with Crippen LogP contribution in [0.4, 0.5) is 17.1 Å². The third-order valence-corrected chi connectivity index (χ3v) is 13.6. The molecule has 11 rings (SSSR count). The van der Waals surface area contributed by atoms with Gasteiger partial charge in [0.2, 0.25) is 0 Å². The molecule has 1 fully saturated rings. The molecule has 0 unspecified atom stereocenters. The van der Waals surface area contributed by atoms with Crippen molar-refractivity contribution in [2.75, 3.05) is 4.90 Å². The van der Waals surface area contributed by atoms with E-state index in [2.05, 4.69) is 217 Å². The Balaban J connectivity index is 1.10. The van der Waals surface area contributed by atoms with Crippen LogP contribution in [0.1, 0.15) is 67.2 Å². The van der Waals surface area contributed by atoms with Gasteiger partial charge in [-0.05, 0) is 117 Å². The highest BCUT2D eigenvalue weighted by Crippen LogP contribution is 2.57. The highest BCUT2D eigenvalue weighted by atomic mass is 15.1. The van der Waals surface area contributed by atoms with E-state index in [0.29, 0.717) is 0 Å². The van der Waals surface area contributed by atoms with E-state index < -0.39 is 0 Å². The Morgan fingerprint density at radius 3 is 1.51 bits per heavy atom. The Kier molecular flexibility index (Phi) is 9.66. The number of anilines is 3. The second-order valence-corrected chi connectivity index (χ2v) is 17.0. The van der Waals surface area contributed by atoms with Crippen LogP contribution >= 0.6 is 0 Å². The van der Waals surface area contributed by atoms with Crippen molar-refractivity contribution >= 4 is 28.2 Å². The summed E-state index contributed by atoms with van der Waals surface area (Å²) in [5, 5.41) is 0. The van der Waals surface area contributed by atoms with Crippen molar-refractivity contribution in [3.8, 4) is 44.5 Å². The van der Waals surface area contributed by atoms with Crippen LogP contribution in [-0.4, -0.2) is 0 Å². The lowest BCUT2D eigenvalue weighted by molar-refractivity contribution is 0.353. The Bertz CT molecular complexity index is 2930. The van der Waals surface area contributed by atoms with Gasteiger partial charge in [-0.15, -0.1) is 0 Å². The van der Waals surface area contributed by atoms with Crippen molar-refractivity contribution < 1.29 is 0 Å². The number of fused-ring (bicyclic) bond motifs is 5. The first-order valence-corrected chi connectivity index (χ1v) is 22.2. The molecule has 8 aromatic carbocycles. The predicted octanol–water partition coefficient (Wildman–Crippen LogP) is 16.6. The van der Waals surface area contributed by atoms with Gasteiger partial charge < -0.3 is 4.90 Å². The average Bonchev–Trinajstić information content (AvgIpc) is 3.60. The van der Waals surface area contributed by atoms with Gasteiger partial charge >= 0.3 is 0 Å². The molecule has 0 bridgehead atoms. The normalized spacial score (nSPS) is 15.1. The standard InChI is InChI=1S/C60H49N/c1-4-20-43(21-5-1)44-34-36-46(37-35-44)49-25-13-16-32-58(49)61(47-38-39-57-55(42-47)53-29-12-15-31-56(53)60(57)40-18-3-19-41-60)59-33-17-14-30-54(59)52-28-11-10-27-51(52)50-26-9-8-24-48(50)45-22-6-2-7-23-45/h1-2,4-9,12-17,20-39,42H,3,10-11,18-19,40-41H2. The fraction of sp³-hybridized carbons (Fsp3) is 0.133. The topological polar surface area (TPSA) is 3.24 Å². The van der Waals surface area contributed by atoms with E-state index in [1.165, 1.54) is 121 Å². The number of allylic oxidation sites excluding steroid dienone is 4. The molecule has 3 aliphatic carbocycles. The molecule has 0 aromatic heterocycles. The van der Waals surface area contributed by atoms with Gasteiger partial charge in [-0.25, -0.2) is 0 Å². The predicted molar refractivity (Wildman–Crippen MR) is 258 cm³/mol. The van der Waals surface area contributed by atoms with E-state index in [1.54, 1.807) is 0 Å². The first-order valence-electron chi connectivity index (χ1n) is 22.2. The second kappa shape index (κ2) is 15.9. The summed E-state index contributed by atoms with van der Waals surface area (Å²) in [7, 11) is 0. The molecule has 0 saturated heterocycles. The molecule has 1 nitrogen and oxygen atoms in total. The first kappa shape index (κ1) is 37.1. The van der Waals surface area contributed by atoms with Gasteiger partial charge in [0.25, 0.3) is 0 Å². The van der Waals surface area contributed by atoms with Crippen LogP contribution in [0.3, 0.4) is 0 Å². The van der Waals surface area contributed by atoms with Gasteiger partial charge in [0.1, 0.15) is 0 Å². The zero-order chi connectivity index (χ0) is 40.6. The number of hydrogen-bond acceptors (Lipinski definition) is 1. The summed E-state index contributed by atoms with van der Waals surface area (Å²) in [5.41, 5.74) is 21.8. The SMILES string of the molecule is C1=C(c2ccccc2-c2ccccc2)C(c2ccccc2N(c2ccc3c(c2)-c2ccccc2C32CCCCC2)c2ccccc2-c2ccc(-c3ccccc3)cc2)=CCC1. The van der Waals surface area contributed by atoms with Crippen LogP contribution in [-0.2, 0) is 5.41 Å². The summed E-state index contributed by atoms with van der Waals surface area (Å²) >= 11 is 0. The summed E-state index contributed by atoms with van der Waals surface area (Å²) in [6.07, 6.45) is 13.3. The molecular weight excluding hydrogens is 735 g/mol. The van der Waals surface area contributed by atoms with Crippen LogP contribution in [0, 0.1) is 0 Å². The van der Waals surface area contributed by atoms with Crippen LogP contribution < -0.4 is 4.90 Å². The quantitative estimate of drug-likeness (QED) is 0.148. The van der Waals surface area contributed by atoms with E-state index in [-0.39, 0.29) is 5.41 Å². The van der Waals surface area contributed by atoms with E-state index >= 15 is 0 Å². The maximum absolute atomic E-state index is 2.56. The molecule has 0 radical (unpaired) electrons. The molecular formula is C60H49N. The minimum absolute atomic E-state index is 0.0998. The molecule has 0 aliphatic heterocycles. The third-order valence-electron chi connectivity index (χ3n) is 13.6. The van der Waals surface area contributed by atoms with E-state index in [0.717, 1.165) is 18.5 Å². The number of hydrogen-bond donors (Lipinski definition) is 0. The molecule has 8 aromatic rings. The maximum atomic E-state index is 2.56. The van der Waals surface area contributed by atoms with Crippen molar-refractivity contribution in [1.29, 1.82) is 0 Å². The van der Waals surface area contributed by atoms with Gasteiger partial charge in [0.15, 0.2) is 0 Å². The van der Waals surface area contributed by atoms with E-state index in [4.69, 9.17) is 0 Å². The molecule has 1 saturated carbocycles. The van der Waals surface area contributed by atoms with Gasteiger partial charge in [-0.1, -0.05) is 207 Å². The lowest BCUT2D eigenvalue weighted by Crippen LogP contribution is -2.28. The van der Waals surface area contributed by atoms with Crippen LogP contribution in [0.25, 0.3) is 55.7 Å². The summed E-state index contributed by atoms with van der Waals surface area (Å²) in [4.78, 5) is 2.56. The monoisotopic (exact) mass is 783 g/mol. The number of benzene rings is 8. The summed E-state index contributed by atoms with van der Waals surface area (Å²) in [6, 6.07) is 74.4.